The molecule has 30 heavy (non-hydrogen) atoms. The third-order valence-corrected chi connectivity index (χ3v) is 5.44. The fourth-order valence-corrected chi connectivity index (χ4v) is 3.90. The number of carboxylic acid groups (broad SMARTS) is 1. The smallest absolute Gasteiger partial charge is 0.336 e. The van der Waals surface area contributed by atoms with Crippen molar-refractivity contribution in [3.05, 3.63) is 92.9 Å². The van der Waals surface area contributed by atoms with E-state index >= 15 is 0 Å². The predicted octanol–water partition coefficient (Wildman–Crippen LogP) is 3.99. The Morgan fingerprint density at radius 3 is 2.50 bits per heavy atom. The molecule has 0 atom stereocenters. The molecule has 1 aliphatic rings. The van der Waals surface area contributed by atoms with Crippen LogP contribution in [0.2, 0.25) is 0 Å². The summed E-state index contributed by atoms with van der Waals surface area (Å²) in [4.78, 5) is 12.2. The average molecular weight is 399 g/mol. The summed E-state index contributed by atoms with van der Waals surface area (Å²) in [5.74, 6) is 0.723. The molecule has 0 unspecified atom stereocenters. The summed E-state index contributed by atoms with van der Waals surface area (Å²) in [5.41, 5.74) is 4.85. The predicted molar refractivity (Wildman–Crippen MR) is 120 cm³/mol. The van der Waals surface area contributed by atoms with Crippen LogP contribution >= 0.6 is 0 Å². The van der Waals surface area contributed by atoms with Gasteiger partial charge in [-0.25, -0.2) is 4.79 Å². The molecule has 0 fully saturated rings. The quantitative estimate of drug-likeness (QED) is 0.533. The van der Waals surface area contributed by atoms with Gasteiger partial charge in [-0.3, -0.25) is 0 Å². The summed E-state index contributed by atoms with van der Waals surface area (Å²) in [6.45, 7) is 8.86. The van der Waals surface area contributed by atoms with Crippen LogP contribution in [0.1, 0.15) is 52.4 Å². The minimum atomic E-state index is -0.935. The van der Waals surface area contributed by atoms with Crippen molar-refractivity contribution in [2.24, 2.45) is 0 Å². The molecule has 0 aliphatic carbocycles. The first kappa shape index (κ1) is 19.9. The van der Waals surface area contributed by atoms with E-state index < -0.39 is 5.97 Å². The van der Waals surface area contributed by atoms with Crippen LogP contribution in [0.4, 0.5) is 0 Å². The molecular weight excluding hydrogens is 374 g/mol. The number of ether oxygens (including phenoxy) is 1. The number of nitrogens with one attached hydrogen (secondary N) is 1. The Kier molecular flexibility index (Phi) is 5.18. The number of hydrogen-bond acceptors (Lipinski definition) is 3. The van der Waals surface area contributed by atoms with Gasteiger partial charge in [-0.2, -0.15) is 0 Å². The van der Waals surface area contributed by atoms with Crippen LogP contribution in [0.5, 0.6) is 11.5 Å². The standard InChI is InChI=1S/C26H25NO3/c1-15(2)18-7-10-19(22(13-18)26(28)29)25-20-8-5-16(3)11-23(20)30-24-12-17(14-27-4)6-9-21(24)25/h5-13,15,27H,3,14H2,1-2,4H3,(H,28,29). The number of fused-ring (bicyclic) bond motifs is 2. The number of hydrogen-bond donors (Lipinski definition) is 2. The second kappa shape index (κ2) is 7.81. The highest BCUT2D eigenvalue weighted by molar-refractivity contribution is 5.98. The van der Waals surface area contributed by atoms with E-state index in [0.717, 1.165) is 45.0 Å². The van der Waals surface area contributed by atoms with Gasteiger partial charge in [0.1, 0.15) is 11.5 Å². The van der Waals surface area contributed by atoms with Crippen molar-refractivity contribution in [1.29, 1.82) is 0 Å². The minimum Gasteiger partial charge on any atom is -0.478 e. The monoisotopic (exact) mass is 399 g/mol. The lowest BCUT2D eigenvalue weighted by Gasteiger charge is -2.23. The number of carboxylic acids is 1. The highest BCUT2D eigenvalue weighted by Gasteiger charge is 2.24. The van der Waals surface area contributed by atoms with Crippen molar-refractivity contribution < 1.29 is 14.6 Å². The van der Waals surface area contributed by atoms with Crippen LogP contribution < -0.4 is 20.5 Å². The van der Waals surface area contributed by atoms with Gasteiger partial charge in [-0.1, -0.05) is 56.8 Å². The van der Waals surface area contributed by atoms with Crippen LogP contribution in [-0.2, 0) is 6.54 Å². The maximum absolute atomic E-state index is 12.2. The first-order valence-corrected chi connectivity index (χ1v) is 10.1. The molecule has 0 amide bonds. The van der Waals surface area contributed by atoms with Gasteiger partial charge in [0.15, 0.2) is 0 Å². The van der Waals surface area contributed by atoms with Crippen molar-refractivity contribution in [2.45, 2.75) is 26.3 Å². The molecule has 3 aromatic rings. The zero-order valence-corrected chi connectivity index (χ0v) is 17.5. The maximum atomic E-state index is 12.2. The Labute approximate surface area is 176 Å². The molecule has 0 saturated carbocycles. The largest absolute Gasteiger partial charge is 0.478 e. The highest BCUT2D eigenvalue weighted by Crippen LogP contribution is 2.38. The molecule has 2 N–H and O–H groups in total. The van der Waals surface area contributed by atoms with Gasteiger partial charge in [-0.15, -0.1) is 0 Å². The third-order valence-electron chi connectivity index (χ3n) is 5.44. The summed E-state index contributed by atoms with van der Waals surface area (Å²) in [6, 6.07) is 17.6. The van der Waals surface area contributed by atoms with E-state index in [1.807, 2.05) is 55.6 Å². The van der Waals surface area contributed by atoms with Crippen molar-refractivity contribution >= 4 is 18.1 Å². The molecule has 4 rings (SSSR count). The van der Waals surface area contributed by atoms with E-state index in [0.29, 0.717) is 16.9 Å². The minimum absolute atomic E-state index is 0.245. The summed E-state index contributed by atoms with van der Waals surface area (Å²) < 4.78 is 6.22. The van der Waals surface area contributed by atoms with Crippen LogP contribution in [-0.4, -0.2) is 18.1 Å². The second-order valence-electron chi connectivity index (χ2n) is 7.93. The molecule has 1 aliphatic heterocycles. The lowest BCUT2D eigenvalue weighted by atomic mass is 9.87. The van der Waals surface area contributed by atoms with E-state index in [-0.39, 0.29) is 5.92 Å². The van der Waals surface area contributed by atoms with Gasteiger partial charge in [0, 0.05) is 22.9 Å². The number of carbonyl (C=O) groups is 1. The lowest BCUT2D eigenvalue weighted by Crippen LogP contribution is -2.21. The van der Waals surface area contributed by atoms with Gasteiger partial charge in [0.2, 0.25) is 0 Å². The Hall–Kier alpha value is -3.37. The molecule has 4 heteroatoms. The summed E-state index contributed by atoms with van der Waals surface area (Å²) in [7, 11) is 1.90. The molecule has 1 heterocycles. The van der Waals surface area contributed by atoms with Crippen LogP contribution in [0.3, 0.4) is 0 Å². The zero-order chi connectivity index (χ0) is 21.4. The summed E-state index contributed by atoms with van der Waals surface area (Å²) in [6.07, 6.45) is 0. The molecule has 0 radical (unpaired) electrons. The average Bonchev–Trinajstić information content (AvgIpc) is 2.71. The Balaban J connectivity index is 2.06. The van der Waals surface area contributed by atoms with Crippen molar-refractivity contribution in [2.75, 3.05) is 7.05 Å². The first-order valence-electron chi connectivity index (χ1n) is 10.1. The summed E-state index contributed by atoms with van der Waals surface area (Å²) >= 11 is 0. The van der Waals surface area contributed by atoms with Crippen LogP contribution in [0.15, 0.2) is 54.6 Å². The zero-order valence-electron chi connectivity index (χ0n) is 17.5. The normalized spacial score (nSPS) is 12.3. The molecular formula is C26H25NO3. The van der Waals surface area contributed by atoms with E-state index in [1.54, 1.807) is 6.07 Å². The SMILES string of the molecule is C=c1ccc2c(c1)Oc1cc(CNC)ccc1C=2c1ccc(C(C)C)cc1C(=O)O. The van der Waals surface area contributed by atoms with E-state index in [1.165, 1.54) is 0 Å². The van der Waals surface area contributed by atoms with Crippen molar-refractivity contribution in [3.63, 3.8) is 0 Å². The van der Waals surface area contributed by atoms with Crippen LogP contribution in [0, 0.1) is 0 Å². The van der Waals surface area contributed by atoms with E-state index in [4.69, 9.17) is 4.74 Å². The molecule has 152 valence electrons. The Morgan fingerprint density at radius 1 is 1.03 bits per heavy atom. The highest BCUT2D eigenvalue weighted by atomic mass is 16.5. The molecule has 4 nitrogen and oxygen atoms in total. The van der Waals surface area contributed by atoms with Gasteiger partial charge < -0.3 is 15.2 Å². The van der Waals surface area contributed by atoms with Crippen molar-refractivity contribution in [1.82, 2.24) is 5.32 Å². The lowest BCUT2D eigenvalue weighted by molar-refractivity contribution is 0.0696. The topological polar surface area (TPSA) is 58.6 Å². The molecule has 0 saturated heterocycles. The van der Waals surface area contributed by atoms with Gasteiger partial charge in [0.05, 0.1) is 5.56 Å². The number of aromatic carboxylic acids is 1. The molecule has 0 aromatic heterocycles. The van der Waals surface area contributed by atoms with E-state index in [2.05, 4.69) is 25.7 Å². The summed E-state index contributed by atoms with van der Waals surface area (Å²) in [5, 5.41) is 14.9. The van der Waals surface area contributed by atoms with Crippen molar-refractivity contribution in [3.8, 4) is 11.5 Å². The molecule has 0 spiro atoms. The van der Waals surface area contributed by atoms with Gasteiger partial charge in [-0.05, 0) is 53.1 Å². The Bertz CT molecular complexity index is 1260. The Morgan fingerprint density at radius 2 is 1.80 bits per heavy atom. The molecule has 3 aromatic carbocycles. The second-order valence-corrected chi connectivity index (χ2v) is 7.93. The number of rotatable bonds is 5. The first-order chi connectivity index (χ1) is 14.4. The van der Waals surface area contributed by atoms with Gasteiger partial charge in [0.25, 0.3) is 0 Å². The van der Waals surface area contributed by atoms with Gasteiger partial charge >= 0.3 is 5.97 Å². The fraction of sp³-hybridized carbons (Fsp3) is 0.192. The number of benzene rings is 3. The third kappa shape index (κ3) is 3.51. The van der Waals surface area contributed by atoms with Crippen LogP contribution in [0.25, 0.3) is 12.2 Å². The fourth-order valence-electron chi connectivity index (χ4n) is 3.90. The molecule has 0 bridgehead atoms. The maximum Gasteiger partial charge on any atom is 0.336 e. The van der Waals surface area contributed by atoms with E-state index in [9.17, 15) is 9.90 Å².